The van der Waals surface area contributed by atoms with E-state index in [-0.39, 0.29) is 11.3 Å². The predicted octanol–water partition coefficient (Wildman–Crippen LogP) is 2.84. The van der Waals surface area contributed by atoms with Gasteiger partial charge in [-0.25, -0.2) is 0 Å². The van der Waals surface area contributed by atoms with Crippen molar-refractivity contribution in [2.24, 2.45) is 5.92 Å². The van der Waals surface area contributed by atoms with E-state index in [9.17, 15) is 4.79 Å². The fraction of sp³-hybridized carbons (Fsp3) is 0.632. The van der Waals surface area contributed by atoms with Crippen molar-refractivity contribution in [1.82, 2.24) is 10.2 Å². The smallest absolute Gasteiger partial charge is 0.230 e. The van der Waals surface area contributed by atoms with Gasteiger partial charge in [-0.15, -0.1) is 0 Å². The standard InChI is InChI=1S/C19H27ClN2O2/c1-14(2)17(22-8-10-24-11-9-22)13-21-18(23)19(6-7-19)15-4-3-5-16(20)12-15/h3-5,12,14,17H,6-11,13H2,1-2H3,(H,21,23). The minimum atomic E-state index is -0.364. The number of carbonyl (C=O) groups excluding carboxylic acids is 1. The lowest BCUT2D eigenvalue weighted by Gasteiger charge is -2.37. The van der Waals surface area contributed by atoms with Gasteiger partial charge in [-0.2, -0.15) is 0 Å². The summed E-state index contributed by atoms with van der Waals surface area (Å²) in [4.78, 5) is 15.3. The minimum Gasteiger partial charge on any atom is -0.379 e. The number of hydrogen-bond acceptors (Lipinski definition) is 3. The number of hydrogen-bond donors (Lipinski definition) is 1. The molecular formula is C19H27ClN2O2. The molecule has 1 aliphatic heterocycles. The number of ether oxygens (including phenoxy) is 1. The molecule has 0 spiro atoms. The van der Waals surface area contributed by atoms with Crippen molar-refractivity contribution in [2.75, 3.05) is 32.8 Å². The van der Waals surface area contributed by atoms with Crippen molar-refractivity contribution in [3.63, 3.8) is 0 Å². The summed E-state index contributed by atoms with van der Waals surface area (Å²) in [5.41, 5.74) is 0.678. The zero-order valence-corrected chi connectivity index (χ0v) is 15.3. The maximum Gasteiger partial charge on any atom is 0.230 e. The minimum absolute atomic E-state index is 0.142. The van der Waals surface area contributed by atoms with Gasteiger partial charge < -0.3 is 10.1 Å². The fourth-order valence-electron chi connectivity index (χ4n) is 3.62. The third-order valence-corrected chi connectivity index (χ3v) is 5.55. The van der Waals surface area contributed by atoms with Gasteiger partial charge in [-0.3, -0.25) is 9.69 Å². The van der Waals surface area contributed by atoms with Crippen LogP contribution in [0.5, 0.6) is 0 Å². The van der Waals surface area contributed by atoms with E-state index in [2.05, 4.69) is 24.1 Å². The van der Waals surface area contributed by atoms with Gasteiger partial charge in [-0.05, 0) is 36.5 Å². The van der Waals surface area contributed by atoms with Gasteiger partial charge in [0.15, 0.2) is 0 Å². The molecule has 2 fully saturated rings. The molecule has 4 nitrogen and oxygen atoms in total. The maximum atomic E-state index is 12.9. The number of amides is 1. The maximum absolute atomic E-state index is 12.9. The summed E-state index contributed by atoms with van der Waals surface area (Å²) >= 11 is 6.10. The molecule has 1 atom stereocenters. The molecule has 3 rings (SSSR count). The molecule has 1 aromatic rings. The van der Waals surface area contributed by atoms with Crippen LogP contribution < -0.4 is 5.32 Å². The Hall–Kier alpha value is -1.10. The quantitative estimate of drug-likeness (QED) is 0.857. The first-order valence-corrected chi connectivity index (χ1v) is 9.27. The SMILES string of the molecule is CC(C)C(CNC(=O)C1(c2cccc(Cl)c2)CC1)N1CCOCC1. The molecule has 0 radical (unpaired) electrons. The van der Waals surface area contributed by atoms with Crippen molar-refractivity contribution in [1.29, 1.82) is 0 Å². The summed E-state index contributed by atoms with van der Waals surface area (Å²) in [6.07, 6.45) is 1.81. The van der Waals surface area contributed by atoms with Crippen LogP contribution >= 0.6 is 11.6 Å². The van der Waals surface area contributed by atoms with E-state index in [1.165, 1.54) is 0 Å². The largest absolute Gasteiger partial charge is 0.379 e. The van der Waals surface area contributed by atoms with Crippen molar-refractivity contribution in [3.8, 4) is 0 Å². The highest BCUT2D eigenvalue weighted by molar-refractivity contribution is 6.30. The second kappa shape index (κ2) is 7.42. The average Bonchev–Trinajstić information content (AvgIpc) is 3.37. The second-order valence-electron chi connectivity index (χ2n) is 7.26. The third kappa shape index (κ3) is 3.76. The molecule has 0 aromatic heterocycles. The highest BCUT2D eigenvalue weighted by Crippen LogP contribution is 2.48. The lowest BCUT2D eigenvalue weighted by atomic mass is 9.94. The van der Waals surface area contributed by atoms with Crippen LogP contribution in [0.4, 0.5) is 0 Å². The van der Waals surface area contributed by atoms with Gasteiger partial charge in [0.2, 0.25) is 5.91 Å². The molecule has 132 valence electrons. The molecule has 24 heavy (non-hydrogen) atoms. The molecule has 1 saturated heterocycles. The van der Waals surface area contributed by atoms with Crippen molar-refractivity contribution < 1.29 is 9.53 Å². The van der Waals surface area contributed by atoms with E-state index < -0.39 is 0 Å². The molecule has 1 N–H and O–H groups in total. The van der Waals surface area contributed by atoms with E-state index in [4.69, 9.17) is 16.3 Å². The Kier molecular flexibility index (Phi) is 5.48. The number of nitrogens with one attached hydrogen (secondary N) is 1. The van der Waals surface area contributed by atoms with Crippen LogP contribution in [0.1, 0.15) is 32.3 Å². The first-order chi connectivity index (χ1) is 11.5. The number of nitrogens with zero attached hydrogens (tertiary/aromatic N) is 1. The van der Waals surface area contributed by atoms with Gasteiger partial charge in [0.1, 0.15) is 0 Å². The van der Waals surface area contributed by atoms with E-state index in [0.717, 1.165) is 44.7 Å². The van der Waals surface area contributed by atoms with Crippen LogP contribution in [0, 0.1) is 5.92 Å². The molecule has 1 amide bonds. The second-order valence-corrected chi connectivity index (χ2v) is 7.70. The van der Waals surface area contributed by atoms with Crippen molar-refractivity contribution in [3.05, 3.63) is 34.9 Å². The fourth-order valence-corrected chi connectivity index (χ4v) is 3.81. The first-order valence-electron chi connectivity index (χ1n) is 8.89. The Labute approximate surface area is 149 Å². The number of morpholine rings is 1. The monoisotopic (exact) mass is 350 g/mol. The van der Waals surface area contributed by atoms with Crippen LogP contribution in [-0.4, -0.2) is 49.7 Å². The van der Waals surface area contributed by atoms with E-state index in [0.29, 0.717) is 23.5 Å². The van der Waals surface area contributed by atoms with Gasteiger partial charge in [0.05, 0.1) is 18.6 Å². The Morgan fingerprint density at radius 2 is 2.04 bits per heavy atom. The van der Waals surface area contributed by atoms with Crippen LogP contribution in [0.3, 0.4) is 0 Å². The number of halogens is 1. The molecular weight excluding hydrogens is 324 g/mol. The molecule has 1 heterocycles. The summed E-state index contributed by atoms with van der Waals surface area (Å²) < 4.78 is 5.45. The normalized spacial score (nSPS) is 21.5. The number of carbonyl (C=O) groups is 1. The molecule has 2 aliphatic rings. The molecule has 0 bridgehead atoms. The van der Waals surface area contributed by atoms with Crippen LogP contribution in [0.2, 0.25) is 5.02 Å². The zero-order chi connectivity index (χ0) is 17.2. The lowest BCUT2D eigenvalue weighted by Crippen LogP contribution is -2.52. The topological polar surface area (TPSA) is 41.6 Å². The number of benzene rings is 1. The highest BCUT2D eigenvalue weighted by atomic mass is 35.5. The molecule has 1 saturated carbocycles. The Bertz CT molecular complexity index is 580. The molecule has 1 aliphatic carbocycles. The average molecular weight is 351 g/mol. The van der Waals surface area contributed by atoms with E-state index in [1.807, 2.05) is 24.3 Å². The van der Waals surface area contributed by atoms with E-state index >= 15 is 0 Å². The summed E-state index contributed by atoms with van der Waals surface area (Å²) in [6, 6.07) is 8.08. The van der Waals surface area contributed by atoms with Crippen LogP contribution in [0.15, 0.2) is 24.3 Å². The molecule has 1 aromatic carbocycles. The Morgan fingerprint density at radius 3 is 2.62 bits per heavy atom. The van der Waals surface area contributed by atoms with Gasteiger partial charge >= 0.3 is 0 Å². The van der Waals surface area contributed by atoms with Crippen molar-refractivity contribution in [2.45, 2.75) is 38.1 Å². The summed E-state index contributed by atoms with van der Waals surface area (Å²) in [5, 5.41) is 3.91. The third-order valence-electron chi connectivity index (χ3n) is 5.32. The summed E-state index contributed by atoms with van der Waals surface area (Å²) in [5.74, 6) is 0.633. The van der Waals surface area contributed by atoms with Gasteiger partial charge in [0.25, 0.3) is 0 Å². The molecule has 1 unspecified atom stereocenters. The summed E-state index contributed by atoms with van der Waals surface area (Å²) in [6.45, 7) is 8.58. The molecule has 5 heteroatoms. The van der Waals surface area contributed by atoms with Crippen molar-refractivity contribution >= 4 is 17.5 Å². The summed E-state index contributed by atoms with van der Waals surface area (Å²) in [7, 11) is 0. The van der Waals surface area contributed by atoms with Gasteiger partial charge in [0, 0.05) is 30.7 Å². The Balaban J connectivity index is 1.63. The van der Waals surface area contributed by atoms with Crippen LogP contribution in [-0.2, 0) is 14.9 Å². The van der Waals surface area contributed by atoms with Crippen LogP contribution in [0.25, 0.3) is 0 Å². The predicted molar refractivity (Wildman–Crippen MR) is 96.4 cm³/mol. The Morgan fingerprint density at radius 1 is 1.33 bits per heavy atom. The number of rotatable bonds is 6. The lowest BCUT2D eigenvalue weighted by molar-refractivity contribution is -0.124. The first kappa shape index (κ1) is 17.7. The zero-order valence-electron chi connectivity index (χ0n) is 14.6. The van der Waals surface area contributed by atoms with Gasteiger partial charge in [-0.1, -0.05) is 37.6 Å². The highest BCUT2D eigenvalue weighted by Gasteiger charge is 2.51. The van der Waals surface area contributed by atoms with E-state index in [1.54, 1.807) is 0 Å².